The summed E-state index contributed by atoms with van der Waals surface area (Å²) in [6, 6.07) is 4.52. The van der Waals surface area contributed by atoms with E-state index >= 15 is 0 Å². The largest absolute Gasteiger partial charge is 0.352 e. The third kappa shape index (κ3) is 3.77. The SMILES string of the molecule is Cc1ccc(C(=O)NCCCI)cc1F. The molecule has 0 heterocycles. The van der Waals surface area contributed by atoms with Gasteiger partial charge >= 0.3 is 0 Å². The van der Waals surface area contributed by atoms with Gasteiger partial charge in [-0.2, -0.15) is 0 Å². The number of carbonyl (C=O) groups is 1. The Kier molecular flexibility index (Phi) is 5.01. The molecule has 0 aliphatic carbocycles. The van der Waals surface area contributed by atoms with Gasteiger partial charge in [-0.05, 0) is 31.0 Å². The summed E-state index contributed by atoms with van der Waals surface area (Å²) in [5.41, 5.74) is 0.936. The van der Waals surface area contributed by atoms with Crippen LogP contribution in [-0.4, -0.2) is 16.9 Å². The minimum atomic E-state index is -0.337. The van der Waals surface area contributed by atoms with Gasteiger partial charge in [0.1, 0.15) is 5.82 Å². The summed E-state index contributed by atoms with van der Waals surface area (Å²) in [5, 5.41) is 2.74. The van der Waals surface area contributed by atoms with Crippen LogP contribution in [0.2, 0.25) is 0 Å². The highest BCUT2D eigenvalue weighted by atomic mass is 127. The molecular formula is C11H13FINO. The predicted octanol–water partition coefficient (Wildman–Crippen LogP) is 2.69. The summed E-state index contributed by atoms with van der Waals surface area (Å²) in [4.78, 5) is 11.5. The smallest absolute Gasteiger partial charge is 0.251 e. The lowest BCUT2D eigenvalue weighted by molar-refractivity contribution is 0.0953. The fourth-order valence-electron chi connectivity index (χ4n) is 1.10. The molecular weight excluding hydrogens is 308 g/mol. The van der Waals surface area contributed by atoms with Gasteiger partial charge in [0.25, 0.3) is 5.91 Å². The van der Waals surface area contributed by atoms with Crippen LogP contribution >= 0.6 is 22.6 Å². The molecule has 0 unspecified atom stereocenters. The van der Waals surface area contributed by atoms with E-state index in [1.165, 1.54) is 6.07 Å². The molecule has 0 radical (unpaired) electrons. The number of nitrogens with one attached hydrogen (secondary N) is 1. The van der Waals surface area contributed by atoms with E-state index in [0.29, 0.717) is 17.7 Å². The van der Waals surface area contributed by atoms with Crippen LogP contribution in [0.25, 0.3) is 0 Å². The summed E-state index contributed by atoms with van der Waals surface area (Å²) in [6.07, 6.45) is 0.931. The minimum absolute atomic E-state index is 0.209. The normalized spacial score (nSPS) is 10.1. The van der Waals surface area contributed by atoms with Crippen molar-refractivity contribution < 1.29 is 9.18 Å². The zero-order chi connectivity index (χ0) is 11.3. The fourth-order valence-corrected chi connectivity index (χ4v) is 1.49. The van der Waals surface area contributed by atoms with Crippen molar-refractivity contribution in [2.45, 2.75) is 13.3 Å². The van der Waals surface area contributed by atoms with E-state index in [1.54, 1.807) is 19.1 Å². The average molecular weight is 321 g/mol. The first-order valence-corrected chi connectivity index (χ1v) is 6.28. The van der Waals surface area contributed by atoms with Crippen LogP contribution in [0.5, 0.6) is 0 Å². The van der Waals surface area contributed by atoms with Crippen molar-refractivity contribution in [1.29, 1.82) is 0 Å². The first-order chi connectivity index (χ1) is 7.15. The molecule has 0 spiro atoms. The molecule has 2 nitrogen and oxygen atoms in total. The quantitative estimate of drug-likeness (QED) is 0.516. The van der Waals surface area contributed by atoms with Gasteiger partial charge in [-0.3, -0.25) is 4.79 Å². The maximum absolute atomic E-state index is 13.1. The molecule has 0 fully saturated rings. The molecule has 0 atom stereocenters. The molecule has 1 amide bonds. The maximum atomic E-state index is 13.1. The highest BCUT2D eigenvalue weighted by molar-refractivity contribution is 14.1. The zero-order valence-electron chi connectivity index (χ0n) is 8.52. The lowest BCUT2D eigenvalue weighted by Gasteiger charge is -2.04. The van der Waals surface area contributed by atoms with Gasteiger partial charge in [-0.25, -0.2) is 4.39 Å². The van der Waals surface area contributed by atoms with Gasteiger partial charge in [-0.1, -0.05) is 28.7 Å². The van der Waals surface area contributed by atoms with E-state index in [1.807, 2.05) is 0 Å². The van der Waals surface area contributed by atoms with E-state index in [-0.39, 0.29) is 11.7 Å². The van der Waals surface area contributed by atoms with Gasteiger partial charge in [0.15, 0.2) is 0 Å². The maximum Gasteiger partial charge on any atom is 0.251 e. The lowest BCUT2D eigenvalue weighted by atomic mass is 10.1. The summed E-state index contributed by atoms with van der Waals surface area (Å²) < 4.78 is 14.1. The number of halogens is 2. The highest BCUT2D eigenvalue weighted by Crippen LogP contribution is 2.08. The number of rotatable bonds is 4. The third-order valence-corrected chi connectivity index (χ3v) is 2.79. The molecule has 1 aromatic rings. The Morgan fingerprint density at radius 3 is 2.87 bits per heavy atom. The standard InChI is InChI=1S/C11H13FINO/c1-8-3-4-9(7-10(8)12)11(15)14-6-2-5-13/h3-4,7H,2,5-6H2,1H3,(H,14,15). The summed E-state index contributed by atoms with van der Waals surface area (Å²) in [6.45, 7) is 2.31. The van der Waals surface area contributed by atoms with Crippen LogP contribution in [0.15, 0.2) is 18.2 Å². The van der Waals surface area contributed by atoms with Gasteiger partial charge in [0, 0.05) is 16.5 Å². The fraction of sp³-hybridized carbons (Fsp3) is 0.364. The Morgan fingerprint density at radius 1 is 1.53 bits per heavy atom. The first kappa shape index (κ1) is 12.4. The molecule has 1 aromatic carbocycles. The Morgan fingerprint density at radius 2 is 2.27 bits per heavy atom. The molecule has 0 bridgehead atoms. The Hall–Kier alpha value is -0.650. The van der Waals surface area contributed by atoms with Crippen LogP contribution in [0.1, 0.15) is 22.3 Å². The molecule has 0 saturated carbocycles. The Bertz CT molecular complexity index is 354. The summed E-state index contributed by atoms with van der Waals surface area (Å²) in [7, 11) is 0. The van der Waals surface area contributed by atoms with E-state index < -0.39 is 0 Å². The number of amides is 1. The molecule has 1 N–H and O–H groups in total. The third-order valence-electron chi connectivity index (χ3n) is 2.03. The second kappa shape index (κ2) is 6.05. The minimum Gasteiger partial charge on any atom is -0.352 e. The second-order valence-electron chi connectivity index (χ2n) is 3.26. The Labute approximate surface area is 102 Å². The molecule has 0 aliphatic rings. The van der Waals surface area contributed by atoms with Crippen molar-refractivity contribution in [2.75, 3.05) is 11.0 Å². The average Bonchev–Trinajstić information content (AvgIpc) is 2.22. The lowest BCUT2D eigenvalue weighted by Crippen LogP contribution is -2.24. The monoisotopic (exact) mass is 321 g/mol. The molecule has 1 rings (SSSR count). The highest BCUT2D eigenvalue weighted by Gasteiger charge is 2.06. The van der Waals surface area contributed by atoms with Crippen molar-refractivity contribution >= 4 is 28.5 Å². The van der Waals surface area contributed by atoms with Gasteiger partial charge < -0.3 is 5.32 Å². The molecule has 82 valence electrons. The number of aryl methyl sites for hydroxylation is 1. The number of hydrogen-bond donors (Lipinski definition) is 1. The van der Waals surface area contributed by atoms with Crippen LogP contribution in [0, 0.1) is 12.7 Å². The Balaban J connectivity index is 2.62. The number of benzene rings is 1. The van der Waals surface area contributed by atoms with Gasteiger partial charge in [0.05, 0.1) is 0 Å². The summed E-state index contributed by atoms with van der Waals surface area (Å²) >= 11 is 2.25. The van der Waals surface area contributed by atoms with Crippen LogP contribution in [-0.2, 0) is 0 Å². The van der Waals surface area contributed by atoms with Crippen LogP contribution in [0.4, 0.5) is 4.39 Å². The molecule has 0 saturated heterocycles. The van der Waals surface area contributed by atoms with Crippen LogP contribution in [0.3, 0.4) is 0 Å². The van der Waals surface area contributed by atoms with Crippen molar-refractivity contribution in [3.05, 3.63) is 35.1 Å². The second-order valence-corrected chi connectivity index (χ2v) is 4.34. The number of alkyl halides is 1. The van der Waals surface area contributed by atoms with E-state index in [2.05, 4.69) is 27.9 Å². The van der Waals surface area contributed by atoms with Crippen molar-refractivity contribution in [1.82, 2.24) is 5.32 Å². The van der Waals surface area contributed by atoms with E-state index in [9.17, 15) is 9.18 Å². The summed E-state index contributed by atoms with van der Waals surface area (Å²) in [5.74, 6) is -0.546. The molecule has 0 aliphatic heterocycles. The molecule has 15 heavy (non-hydrogen) atoms. The van der Waals surface area contributed by atoms with E-state index in [4.69, 9.17) is 0 Å². The van der Waals surface area contributed by atoms with Crippen LogP contribution < -0.4 is 5.32 Å². The molecule has 0 aromatic heterocycles. The first-order valence-electron chi connectivity index (χ1n) is 4.75. The van der Waals surface area contributed by atoms with Crippen molar-refractivity contribution in [3.63, 3.8) is 0 Å². The van der Waals surface area contributed by atoms with Crippen molar-refractivity contribution in [3.8, 4) is 0 Å². The number of carbonyl (C=O) groups excluding carboxylic acids is 1. The zero-order valence-corrected chi connectivity index (χ0v) is 10.7. The predicted molar refractivity (Wildman–Crippen MR) is 67.0 cm³/mol. The topological polar surface area (TPSA) is 29.1 Å². The molecule has 4 heteroatoms. The van der Waals surface area contributed by atoms with Crippen molar-refractivity contribution in [2.24, 2.45) is 0 Å². The van der Waals surface area contributed by atoms with Gasteiger partial charge in [0.2, 0.25) is 0 Å². The number of hydrogen-bond acceptors (Lipinski definition) is 1. The van der Waals surface area contributed by atoms with Gasteiger partial charge in [-0.15, -0.1) is 0 Å². The van der Waals surface area contributed by atoms with E-state index in [0.717, 1.165) is 10.8 Å².